The molecule has 0 fully saturated rings. The molecule has 4 nitrogen and oxygen atoms in total. The van der Waals surface area contributed by atoms with E-state index in [1.54, 1.807) is 0 Å². The van der Waals surface area contributed by atoms with E-state index in [-0.39, 0.29) is 11.9 Å². The molecule has 5 heteroatoms. The van der Waals surface area contributed by atoms with Crippen molar-refractivity contribution in [3.63, 3.8) is 0 Å². The molecule has 0 aliphatic rings. The lowest BCUT2D eigenvalue weighted by Crippen LogP contribution is -2.29. The van der Waals surface area contributed by atoms with E-state index in [4.69, 9.17) is 0 Å². The summed E-state index contributed by atoms with van der Waals surface area (Å²) in [6.45, 7) is 5.31. The average Bonchev–Trinajstić information content (AvgIpc) is 1.99. The van der Waals surface area contributed by atoms with Gasteiger partial charge < -0.3 is 10.4 Å². The number of hydrogen-bond acceptors (Lipinski definition) is 4. The molecule has 1 unspecified atom stereocenters. The first-order chi connectivity index (χ1) is 6.81. The van der Waals surface area contributed by atoms with E-state index in [0.717, 1.165) is 6.42 Å². The Kier molecular flexibility index (Phi) is 7.13. The van der Waals surface area contributed by atoms with Crippen LogP contribution in [0, 0.1) is 5.92 Å². The lowest BCUT2D eigenvalue weighted by atomic mass is 10.1. The number of hydrogen-bond donors (Lipinski definition) is 2. The molecule has 15 heavy (non-hydrogen) atoms. The van der Waals surface area contributed by atoms with E-state index in [2.05, 4.69) is 19.2 Å². The molecule has 0 bridgehead atoms. The van der Waals surface area contributed by atoms with E-state index in [0.29, 0.717) is 25.4 Å². The van der Waals surface area contributed by atoms with Crippen LogP contribution in [0.5, 0.6) is 0 Å². The highest BCUT2D eigenvalue weighted by Crippen LogP contribution is 2.03. The Morgan fingerprint density at radius 3 is 2.40 bits per heavy atom. The first-order valence-corrected chi connectivity index (χ1v) is 7.44. The van der Waals surface area contributed by atoms with Crippen LogP contribution < -0.4 is 5.32 Å². The fourth-order valence-corrected chi connectivity index (χ4v) is 2.02. The van der Waals surface area contributed by atoms with Crippen LogP contribution in [0.4, 0.5) is 0 Å². The van der Waals surface area contributed by atoms with Gasteiger partial charge in [0.2, 0.25) is 0 Å². The van der Waals surface area contributed by atoms with Crippen molar-refractivity contribution in [3.8, 4) is 0 Å². The predicted octanol–water partition coefficient (Wildman–Crippen LogP) is 0.418. The third kappa shape index (κ3) is 11.8. The van der Waals surface area contributed by atoms with Crippen LogP contribution in [-0.2, 0) is 9.84 Å². The van der Waals surface area contributed by atoms with E-state index in [1.165, 1.54) is 6.26 Å². The van der Waals surface area contributed by atoms with Crippen molar-refractivity contribution in [3.05, 3.63) is 0 Å². The molecule has 0 radical (unpaired) electrons. The van der Waals surface area contributed by atoms with E-state index in [9.17, 15) is 13.5 Å². The lowest BCUT2D eigenvalue weighted by molar-refractivity contribution is 0.146. The highest BCUT2D eigenvalue weighted by atomic mass is 32.2. The van der Waals surface area contributed by atoms with Gasteiger partial charge in [-0.1, -0.05) is 13.8 Å². The average molecular weight is 237 g/mol. The van der Waals surface area contributed by atoms with Crippen LogP contribution in [0.1, 0.15) is 26.7 Å². The summed E-state index contributed by atoms with van der Waals surface area (Å²) in [6, 6.07) is 0. The molecule has 0 aliphatic carbocycles. The summed E-state index contributed by atoms with van der Waals surface area (Å²) in [6.07, 6.45) is 2.29. The maximum Gasteiger partial charge on any atom is 0.147 e. The zero-order valence-corrected chi connectivity index (χ0v) is 10.7. The highest BCUT2D eigenvalue weighted by molar-refractivity contribution is 7.90. The van der Waals surface area contributed by atoms with Crippen molar-refractivity contribution in [2.75, 3.05) is 25.1 Å². The largest absolute Gasteiger partial charge is 0.392 e. The Hall–Kier alpha value is -0.130. The van der Waals surface area contributed by atoms with Crippen molar-refractivity contribution in [1.29, 1.82) is 0 Å². The Labute approximate surface area is 93.0 Å². The Morgan fingerprint density at radius 2 is 1.93 bits per heavy atom. The highest BCUT2D eigenvalue weighted by Gasteiger charge is 2.06. The minimum absolute atomic E-state index is 0.209. The van der Waals surface area contributed by atoms with Crippen LogP contribution >= 0.6 is 0 Å². The molecule has 92 valence electrons. The van der Waals surface area contributed by atoms with Gasteiger partial charge in [-0.3, -0.25) is 0 Å². The van der Waals surface area contributed by atoms with Crippen molar-refractivity contribution < 1.29 is 13.5 Å². The summed E-state index contributed by atoms with van der Waals surface area (Å²) < 4.78 is 21.6. The summed E-state index contributed by atoms with van der Waals surface area (Å²) in [5.74, 6) is 0.693. The van der Waals surface area contributed by atoms with Gasteiger partial charge in [-0.05, 0) is 25.3 Å². The van der Waals surface area contributed by atoms with Crippen molar-refractivity contribution >= 4 is 9.84 Å². The Balaban J connectivity index is 3.39. The van der Waals surface area contributed by atoms with Gasteiger partial charge in [-0.15, -0.1) is 0 Å². The maximum absolute atomic E-state index is 10.8. The SMILES string of the molecule is CC(C)CC(O)CNCCCS(C)(=O)=O. The summed E-state index contributed by atoms with van der Waals surface area (Å²) in [5, 5.41) is 12.5. The summed E-state index contributed by atoms with van der Waals surface area (Å²) in [4.78, 5) is 0. The number of aliphatic hydroxyl groups is 1. The molecular weight excluding hydrogens is 214 g/mol. The van der Waals surface area contributed by atoms with Gasteiger partial charge in [0.25, 0.3) is 0 Å². The smallest absolute Gasteiger partial charge is 0.147 e. The molecule has 0 amide bonds. The number of rotatable bonds is 8. The molecule has 0 aromatic rings. The molecule has 2 N–H and O–H groups in total. The van der Waals surface area contributed by atoms with E-state index < -0.39 is 9.84 Å². The molecule has 0 spiro atoms. The molecule has 0 saturated heterocycles. The topological polar surface area (TPSA) is 66.4 Å². The Bertz CT molecular complexity index is 249. The summed E-state index contributed by atoms with van der Waals surface area (Å²) >= 11 is 0. The van der Waals surface area contributed by atoms with Gasteiger partial charge in [-0.25, -0.2) is 8.42 Å². The molecule has 0 aromatic carbocycles. The standard InChI is InChI=1S/C10H23NO3S/c1-9(2)7-10(12)8-11-5-4-6-15(3,13)14/h9-12H,4-8H2,1-3H3. The molecule has 1 atom stereocenters. The second-order valence-corrected chi connectivity index (χ2v) is 6.73. The van der Waals surface area contributed by atoms with E-state index in [1.807, 2.05) is 0 Å². The van der Waals surface area contributed by atoms with Gasteiger partial charge >= 0.3 is 0 Å². The summed E-state index contributed by atoms with van der Waals surface area (Å²) in [5.41, 5.74) is 0. The monoisotopic (exact) mass is 237 g/mol. The third-order valence-electron chi connectivity index (χ3n) is 1.99. The van der Waals surface area contributed by atoms with Crippen LogP contribution in [0.3, 0.4) is 0 Å². The zero-order valence-electron chi connectivity index (χ0n) is 9.86. The van der Waals surface area contributed by atoms with Gasteiger partial charge in [0.05, 0.1) is 11.9 Å². The number of aliphatic hydroxyl groups excluding tert-OH is 1. The fourth-order valence-electron chi connectivity index (χ4n) is 1.36. The van der Waals surface area contributed by atoms with Gasteiger partial charge in [0.15, 0.2) is 0 Å². The second kappa shape index (κ2) is 7.19. The lowest BCUT2D eigenvalue weighted by Gasteiger charge is -2.13. The fraction of sp³-hybridized carbons (Fsp3) is 1.00. The first kappa shape index (κ1) is 14.9. The van der Waals surface area contributed by atoms with Crippen LogP contribution in [0.2, 0.25) is 0 Å². The molecule has 0 aliphatic heterocycles. The maximum atomic E-state index is 10.8. The number of nitrogens with one attached hydrogen (secondary N) is 1. The van der Waals surface area contributed by atoms with Crippen LogP contribution in [-0.4, -0.2) is 44.7 Å². The van der Waals surface area contributed by atoms with Crippen LogP contribution in [0.15, 0.2) is 0 Å². The van der Waals surface area contributed by atoms with Crippen molar-refractivity contribution in [2.24, 2.45) is 5.92 Å². The Morgan fingerprint density at radius 1 is 1.33 bits per heavy atom. The van der Waals surface area contributed by atoms with Gasteiger partial charge in [0, 0.05) is 12.8 Å². The molecule has 0 aromatic heterocycles. The second-order valence-electron chi connectivity index (χ2n) is 4.47. The molecule has 0 rings (SSSR count). The molecule has 0 saturated carbocycles. The van der Waals surface area contributed by atoms with Gasteiger partial charge in [0.1, 0.15) is 9.84 Å². The van der Waals surface area contributed by atoms with Crippen LogP contribution in [0.25, 0.3) is 0 Å². The van der Waals surface area contributed by atoms with E-state index >= 15 is 0 Å². The first-order valence-electron chi connectivity index (χ1n) is 5.38. The molecule has 0 heterocycles. The quantitative estimate of drug-likeness (QED) is 0.600. The number of sulfone groups is 1. The normalized spacial score (nSPS) is 14.5. The van der Waals surface area contributed by atoms with Crippen molar-refractivity contribution in [2.45, 2.75) is 32.8 Å². The zero-order chi connectivity index (χ0) is 11.9. The minimum atomic E-state index is -2.85. The summed E-state index contributed by atoms with van der Waals surface area (Å²) in [7, 11) is -2.85. The minimum Gasteiger partial charge on any atom is -0.392 e. The van der Waals surface area contributed by atoms with Crippen molar-refractivity contribution in [1.82, 2.24) is 5.32 Å². The van der Waals surface area contributed by atoms with Gasteiger partial charge in [-0.2, -0.15) is 0 Å². The predicted molar refractivity (Wildman–Crippen MR) is 62.7 cm³/mol. The third-order valence-corrected chi connectivity index (χ3v) is 3.02. The molecular formula is C10H23NO3S.